The average molecular weight is 878 g/mol. The number of unbranched alkanes of at least 4 members (excludes halogenated alkanes) is 28. The van der Waals surface area contributed by atoms with Crippen LogP contribution >= 0.6 is 0 Å². The van der Waals surface area contributed by atoms with Crippen LogP contribution in [0.4, 0.5) is 11.4 Å². The molecule has 3 aromatic rings. The van der Waals surface area contributed by atoms with E-state index in [0.29, 0.717) is 29.8 Å². The molecule has 1 aliphatic carbocycles. The molecular formula is C58H87NO5. The summed E-state index contributed by atoms with van der Waals surface area (Å²) in [4.78, 5) is 40.5. The fourth-order valence-corrected chi connectivity index (χ4v) is 9.56. The lowest BCUT2D eigenvalue weighted by Gasteiger charge is -2.21. The Morgan fingerprint density at radius 3 is 1.39 bits per heavy atom. The van der Waals surface area contributed by atoms with Crippen LogP contribution in [0.5, 0.6) is 5.75 Å². The minimum Gasteiger partial charge on any atom is -0.507 e. The molecule has 0 heterocycles. The Hall–Kier alpha value is -3.93. The topological polar surface area (TPSA) is 92.7 Å². The largest absolute Gasteiger partial charge is 0.507 e. The van der Waals surface area contributed by atoms with Gasteiger partial charge in [0.25, 0.3) is 0 Å². The quantitative estimate of drug-likeness (QED) is 0.0265. The number of fused-ring (bicyclic) bond motifs is 2. The zero-order valence-corrected chi connectivity index (χ0v) is 40.5. The Balaban J connectivity index is 1.18. The summed E-state index contributed by atoms with van der Waals surface area (Å²) < 4.78 is 5.99. The maximum absolute atomic E-state index is 13.6. The van der Waals surface area contributed by atoms with Crippen molar-refractivity contribution >= 4 is 28.9 Å². The summed E-state index contributed by atoms with van der Waals surface area (Å²) in [6.45, 7) is 4.88. The number of carbonyl (C=O) groups is 3. The number of ketones is 2. The molecule has 0 spiro atoms. The summed E-state index contributed by atoms with van der Waals surface area (Å²) in [5.41, 5.74) is 3.05. The van der Waals surface area contributed by atoms with Crippen LogP contribution in [0, 0.1) is 5.92 Å². The summed E-state index contributed by atoms with van der Waals surface area (Å²) in [6, 6.07) is 17.7. The van der Waals surface area contributed by atoms with Gasteiger partial charge in [-0.2, -0.15) is 0 Å². The van der Waals surface area contributed by atoms with Gasteiger partial charge < -0.3 is 15.2 Å². The van der Waals surface area contributed by atoms with Crippen LogP contribution in [-0.4, -0.2) is 29.2 Å². The van der Waals surface area contributed by atoms with Gasteiger partial charge in [0, 0.05) is 23.2 Å². The molecule has 6 heteroatoms. The summed E-state index contributed by atoms with van der Waals surface area (Å²) in [6.07, 6.45) is 42.5. The Kier molecular flexibility index (Phi) is 26.9. The zero-order valence-electron chi connectivity index (χ0n) is 40.5. The van der Waals surface area contributed by atoms with E-state index in [-0.39, 0.29) is 40.3 Å². The van der Waals surface area contributed by atoms with E-state index in [9.17, 15) is 19.5 Å². The van der Waals surface area contributed by atoms with E-state index in [1.54, 1.807) is 30.3 Å². The summed E-state index contributed by atoms with van der Waals surface area (Å²) in [5.74, 6) is -0.956. The lowest BCUT2D eigenvalue weighted by atomic mass is 9.82. The first-order valence-corrected chi connectivity index (χ1v) is 26.5. The molecule has 1 unspecified atom stereocenters. The number of hydrogen-bond acceptors (Lipinski definition) is 6. The average Bonchev–Trinajstić information content (AvgIpc) is 3.30. The van der Waals surface area contributed by atoms with E-state index in [1.807, 2.05) is 24.3 Å². The molecule has 0 aliphatic heterocycles. The van der Waals surface area contributed by atoms with Crippen molar-refractivity contribution in [3.63, 3.8) is 0 Å². The van der Waals surface area contributed by atoms with Gasteiger partial charge in [-0.25, -0.2) is 0 Å². The van der Waals surface area contributed by atoms with Gasteiger partial charge in [0.1, 0.15) is 5.75 Å². The van der Waals surface area contributed by atoms with Gasteiger partial charge in [-0.3, -0.25) is 14.4 Å². The van der Waals surface area contributed by atoms with Crippen molar-refractivity contribution in [1.29, 1.82) is 0 Å². The molecule has 2 N–H and O–H groups in total. The SMILES string of the molecule is CCCCCCCCCCCCCCCCCCC(CCCCCCCCCCCCCCCC)C(=O)OCCc1cccc(Nc2ccc(O)c3c2C(=O)c2ccccc2C3=O)c1. The van der Waals surface area contributed by atoms with E-state index in [0.717, 1.165) is 36.9 Å². The molecule has 3 aromatic carbocycles. The van der Waals surface area contributed by atoms with E-state index >= 15 is 0 Å². The monoisotopic (exact) mass is 878 g/mol. The van der Waals surface area contributed by atoms with Gasteiger partial charge >= 0.3 is 5.97 Å². The molecule has 1 aliphatic rings. The maximum atomic E-state index is 13.6. The van der Waals surface area contributed by atoms with Crippen LogP contribution in [0.2, 0.25) is 0 Å². The van der Waals surface area contributed by atoms with Crippen molar-refractivity contribution in [2.24, 2.45) is 5.92 Å². The molecule has 0 radical (unpaired) electrons. The molecule has 0 saturated carbocycles. The Morgan fingerprint density at radius 1 is 0.516 bits per heavy atom. The Morgan fingerprint density at radius 2 is 0.938 bits per heavy atom. The highest BCUT2D eigenvalue weighted by molar-refractivity contribution is 6.31. The molecule has 0 saturated heterocycles. The predicted octanol–water partition coefficient (Wildman–Crippen LogP) is 17.1. The van der Waals surface area contributed by atoms with Gasteiger partial charge in [0.2, 0.25) is 0 Å². The van der Waals surface area contributed by atoms with Crippen LogP contribution in [-0.2, 0) is 16.0 Å². The third kappa shape index (κ3) is 19.7. The van der Waals surface area contributed by atoms with Crippen LogP contribution < -0.4 is 5.32 Å². The first-order valence-electron chi connectivity index (χ1n) is 26.5. The van der Waals surface area contributed by atoms with Crippen LogP contribution in [0.1, 0.15) is 257 Å². The highest BCUT2D eigenvalue weighted by Gasteiger charge is 2.34. The van der Waals surface area contributed by atoms with Crippen molar-refractivity contribution in [2.45, 2.75) is 226 Å². The Bertz CT molecular complexity index is 1760. The molecule has 0 bridgehead atoms. The van der Waals surface area contributed by atoms with Crippen LogP contribution in [0.3, 0.4) is 0 Å². The molecule has 64 heavy (non-hydrogen) atoms. The highest BCUT2D eigenvalue weighted by Crippen LogP contribution is 2.38. The number of anilines is 2. The zero-order chi connectivity index (χ0) is 45.5. The minimum absolute atomic E-state index is 0.0278. The number of nitrogens with one attached hydrogen (secondary N) is 1. The van der Waals surface area contributed by atoms with Gasteiger partial charge in [-0.1, -0.05) is 243 Å². The third-order valence-electron chi connectivity index (χ3n) is 13.5. The highest BCUT2D eigenvalue weighted by atomic mass is 16.5. The number of esters is 1. The van der Waals surface area contributed by atoms with Gasteiger partial charge in [0.05, 0.1) is 29.3 Å². The van der Waals surface area contributed by atoms with Crippen LogP contribution in [0.15, 0.2) is 60.7 Å². The number of ether oxygens (including phenoxy) is 1. The number of hydrogen-bond donors (Lipinski definition) is 2. The van der Waals surface area contributed by atoms with Crippen LogP contribution in [0.25, 0.3) is 0 Å². The van der Waals surface area contributed by atoms with Gasteiger partial charge in [-0.05, 0) is 42.7 Å². The number of aromatic hydroxyl groups is 1. The Labute approximate surface area is 389 Å². The standard InChI is InChI=1S/C58H87NO5/c1-3-5-7-9-11-13-15-17-19-20-22-24-26-28-30-32-38-48(37-31-29-27-25-23-21-18-16-14-12-10-8-6-4-2)58(63)64-45-44-47-36-35-39-49(46-47)59-52-42-43-53(60)55-54(52)56(61)50-40-33-34-41-51(50)57(55)62/h33-36,39-43,46,48,59-60H,3-32,37-38,44-45H2,1-2H3. The molecule has 0 amide bonds. The fraction of sp³-hybridized carbons (Fsp3) is 0.638. The van der Waals surface area contributed by atoms with Crippen molar-refractivity contribution in [1.82, 2.24) is 0 Å². The normalized spacial score (nSPS) is 12.6. The minimum atomic E-state index is -0.362. The second kappa shape index (κ2) is 32.7. The predicted molar refractivity (Wildman–Crippen MR) is 268 cm³/mol. The van der Waals surface area contributed by atoms with Crippen molar-refractivity contribution in [3.05, 3.63) is 88.5 Å². The maximum Gasteiger partial charge on any atom is 0.308 e. The number of phenols is 1. The second-order valence-corrected chi connectivity index (χ2v) is 19.0. The van der Waals surface area contributed by atoms with E-state index < -0.39 is 0 Å². The number of benzene rings is 3. The van der Waals surface area contributed by atoms with E-state index in [1.165, 1.54) is 186 Å². The second-order valence-electron chi connectivity index (χ2n) is 19.0. The molecule has 1 atom stereocenters. The number of rotatable bonds is 38. The molecule has 4 rings (SSSR count). The third-order valence-corrected chi connectivity index (χ3v) is 13.5. The summed E-state index contributed by atoms with van der Waals surface area (Å²) in [5, 5.41) is 14.0. The fourth-order valence-electron chi connectivity index (χ4n) is 9.56. The summed E-state index contributed by atoms with van der Waals surface area (Å²) >= 11 is 0. The molecule has 0 aromatic heterocycles. The first kappa shape index (κ1) is 52.7. The number of carbonyl (C=O) groups excluding carboxylic acids is 3. The van der Waals surface area contributed by atoms with Crippen molar-refractivity contribution in [3.8, 4) is 5.75 Å². The van der Waals surface area contributed by atoms with E-state index in [4.69, 9.17) is 4.74 Å². The van der Waals surface area contributed by atoms with Crippen molar-refractivity contribution < 1.29 is 24.2 Å². The van der Waals surface area contributed by atoms with Crippen molar-refractivity contribution in [2.75, 3.05) is 11.9 Å². The van der Waals surface area contributed by atoms with Gasteiger partial charge in [-0.15, -0.1) is 0 Å². The van der Waals surface area contributed by atoms with E-state index in [2.05, 4.69) is 19.2 Å². The molecule has 0 fully saturated rings. The molecular weight excluding hydrogens is 791 g/mol. The first-order chi connectivity index (χ1) is 31.4. The lowest BCUT2D eigenvalue weighted by molar-refractivity contribution is -0.149. The molecule has 6 nitrogen and oxygen atoms in total. The summed E-state index contributed by atoms with van der Waals surface area (Å²) in [7, 11) is 0. The number of phenolic OH excluding ortho intramolecular Hbond substituents is 1. The smallest absolute Gasteiger partial charge is 0.308 e. The van der Waals surface area contributed by atoms with Gasteiger partial charge in [0.15, 0.2) is 11.6 Å². The lowest BCUT2D eigenvalue weighted by Crippen LogP contribution is -2.22. The molecule has 354 valence electrons.